The zero-order valence-electron chi connectivity index (χ0n) is 8.89. The molecule has 0 amide bonds. The van der Waals surface area contributed by atoms with Gasteiger partial charge in [-0.15, -0.1) is 0 Å². The third kappa shape index (κ3) is 2.01. The predicted molar refractivity (Wildman–Crippen MR) is 63.1 cm³/mol. The first-order valence-corrected chi connectivity index (χ1v) is 5.67. The van der Waals surface area contributed by atoms with E-state index in [2.05, 4.69) is 17.8 Å². The average molecular weight is 220 g/mol. The third-order valence-corrected chi connectivity index (χ3v) is 3.58. The largest absolute Gasteiger partial charge is 0.310 e. The molecule has 1 aliphatic carbocycles. The summed E-state index contributed by atoms with van der Waals surface area (Å²) in [6.07, 6.45) is 4.20. The Balaban J connectivity index is 2.21. The normalized spacial score (nSPS) is 17.9. The highest BCUT2D eigenvalue weighted by Crippen LogP contribution is 2.39. The molecule has 0 heterocycles. The van der Waals surface area contributed by atoms with Gasteiger partial charge in [-0.3, -0.25) is 0 Å². The predicted octanol–water partition coefficient (Wildman–Crippen LogP) is 4.03. The molecule has 0 aromatic heterocycles. The van der Waals surface area contributed by atoms with E-state index >= 15 is 0 Å². The fourth-order valence-corrected chi connectivity index (χ4v) is 2.35. The van der Waals surface area contributed by atoms with Crippen molar-refractivity contribution in [2.75, 3.05) is 0 Å². The lowest BCUT2D eigenvalue weighted by molar-refractivity contribution is 0.301. The molecule has 0 atom stereocenters. The zero-order chi connectivity index (χ0) is 10.9. The van der Waals surface area contributed by atoms with Crippen LogP contribution in [0.15, 0.2) is 18.2 Å². The number of benzene rings is 1. The molecule has 0 unspecified atom stereocenters. The van der Waals surface area contributed by atoms with Crippen molar-refractivity contribution in [2.24, 2.45) is 0 Å². The Kier molecular flexibility index (Phi) is 2.71. The van der Waals surface area contributed by atoms with E-state index in [-0.39, 0.29) is 5.54 Å². The molecule has 1 aliphatic rings. The Morgan fingerprint density at radius 1 is 1.47 bits per heavy atom. The van der Waals surface area contributed by atoms with E-state index in [1.165, 1.54) is 17.5 Å². The summed E-state index contributed by atoms with van der Waals surface area (Å²) in [5.74, 6) is 0. The van der Waals surface area contributed by atoms with E-state index in [9.17, 15) is 0 Å². The molecule has 78 valence electrons. The van der Waals surface area contributed by atoms with Crippen LogP contribution < -0.4 is 0 Å². The fraction of sp³-hybridized carbons (Fsp3) is 0.462. The summed E-state index contributed by atoms with van der Waals surface area (Å²) in [7, 11) is 0. The molecule has 2 heteroatoms. The molecule has 1 fully saturated rings. The Labute approximate surface area is 95.9 Å². The van der Waals surface area contributed by atoms with Crippen LogP contribution in [-0.2, 0) is 6.42 Å². The standard InChI is InChI=1S/C13H14ClN/c1-10-8-12(14)5-4-11(10)9-13(15-2)6-3-7-13/h4-5,8H,3,6-7,9H2,1H3. The van der Waals surface area contributed by atoms with Gasteiger partial charge in [0.1, 0.15) is 0 Å². The highest BCUT2D eigenvalue weighted by Gasteiger charge is 2.43. The monoisotopic (exact) mass is 219 g/mol. The highest BCUT2D eigenvalue weighted by molar-refractivity contribution is 6.30. The Bertz CT molecular complexity index is 413. The molecule has 1 saturated carbocycles. The summed E-state index contributed by atoms with van der Waals surface area (Å²) in [4.78, 5) is 3.80. The molecule has 0 aliphatic heterocycles. The van der Waals surface area contributed by atoms with Crippen LogP contribution in [0.2, 0.25) is 5.02 Å². The smallest absolute Gasteiger partial charge is 0.236 e. The Morgan fingerprint density at radius 2 is 2.20 bits per heavy atom. The van der Waals surface area contributed by atoms with Crippen molar-refractivity contribution in [3.8, 4) is 0 Å². The molecular formula is C13H14ClN. The molecule has 0 spiro atoms. The van der Waals surface area contributed by atoms with E-state index in [1.807, 2.05) is 12.1 Å². The number of aryl methyl sites for hydroxylation is 1. The van der Waals surface area contributed by atoms with Crippen LogP contribution in [0.1, 0.15) is 30.4 Å². The Hall–Kier alpha value is -1.00. The van der Waals surface area contributed by atoms with Crippen LogP contribution in [0.3, 0.4) is 0 Å². The van der Waals surface area contributed by atoms with Gasteiger partial charge in [-0.05, 0) is 36.6 Å². The molecule has 0 saturated heterocycles. The molecule has 0 radical (unpaired) electrons. The van der Waals surface area contributed by atoms with Crippen LogP contribution in [-0.4, -0.2) is 5.54 Å². The number of halogens is 1. The maximum atomic E-state index is 7.27. The van der Waals surface area contributed by atoms with Gasteiger partial charge in [0.25, 0.3) is 0 Å². The van der Waals surface area contributed by atoms with Crippen LogP contribution in [0.25, 0.3) is 4.85 Å². The van der Waals surface area contributed by atoms with Crippen molar-refractivity contribution in [1.29, 1.82) is 0 Å². The van der Waals surface area contributed by atoms with Gasteiger partial charge >= 0.3 is 0 Å². The van der Waals surface area contributed by atoms with E-state index in [4.69, 9.17) is 18.2 Å². The quantitative estimate of drug-likeness (QED) is 0.662. The van der Waals surface area contributed by atoms with Gasteiger partial charge in [0, 0.05) is 17.9 Å². The van der Waals surface area contributed by atoms with Gasteiger partial charge in [-0.2, -0.15) is 0 Å². The minimum absolute atomic E-state index is 0.0986. The maximum absolute atomic E-state index is 7.27. The van der Waals surface area contributed by atoms with Gasteiger partial charge in [0.2, 0.25) is 5.54 Å². The molecule has 0 bridgehead atoms. The van der Waals surface area contributed by atoms with Crippen molar-refractivity contribution >= 4 is 11.6 Å². The number of hydrogen-bond acceptors (Lipinski definition) is 0. The van der Waals surface area contributed by atoms with Gasteiger partial charge < -0.3 is 4.85 Å². The lowest BCUT2D eigenvalue weighted by Crippen LogP contribution is -2.35. The van der Waals surface area contributed by atoms with Crippen LogP contribution >= 0.6 is 11.6 Å². The summed E-state index contributed by atoms with van der Waals surface area (Å²) < 4.78 is 0. The molecule has 1 nitrogen and oxygen atoms in total. The topological polar surface area (TPSA) is 4.36 Å². The van der Waals surface area contributed by atoms with Gasteiger partial charge in [-0.25, -0.2) is 6.57 Å². The molecule has 2 rings (SSSR count). The van der Waals surface area contributed by atoms with Gasteiger partial charge in [-0.1, -0.05) is 17.7 Å². The van der Waals surface area contributed by atoms with E-state index in [0.29, 0.717) is 0 Å². The van der Waals surface area contributed by atoms with Crippen LogP contribution in [0.4, 0.5) is 0 Å². The van der Waals surface area contributed by atoms with Crippen molar-refractivity contribution < 1.29 is 0 Å². The average Bonchev–Trinajstić information content (AvgIpc) is 2.14. The molecular weight excluding hydrogens is 206 g/mol. The van der Waals surface area contributed by atoms with E-state index < -0.39 is 0 Å². The van der Waals surface area contributed by atoms with Crippen molar-refractivity contribution in [1.82, 2.24) is 0 Å². The summed E-state index contributed by atoms with van der Waals surface area (Å²) in [5, 5.41) is 0.779. The minimum Gasteiger partial charge on any atom is -0.310 e. The third-order valence-electron chi connectivity index (χ3n) is 3.35. The van der Waals surface area contributed by atoms with Gasteiger partial charge in [0.15, 0.2) is 0 Å². The first-order chi connectivity index (χ1) is 7.15. The van der Waals surface area contributed by atoms with Crippen LogP contribution in [0, 0.1) is 13.5 Å². The Morgan fingerprint density at radius 3 is 2.67 bits per heavy atom. The first-order valence-electron chi connectivity index (χ1n) is 5.29. The summed E-state index contributed by atoms with van der Waals surface area (Å²) >= 11 is 5.91. The van der Waals surface area contributed by atoms with Gasteiger partial charge in [0.05, 0.1) is 6.42 Å². The molecule has 1 aromatic rings. The van der Waals surface area contributed by atoms with E-state index in [0.717, 1.165) is 24.3 Å². The second kappa shape index (κ2) is 3.87. The van der Waals surface area contributed by atoms with E-state index in [1.54, 1.807) is 0 Å². The summed E-state index contributed by atoms with van der Waals surface area (Å²) in [6, 6.07) is 5.95. The SMILES string of the molecule is [C-]#[N+]C1(Cc2ccc(Cl)cc2C)CCC1. The minimum atomic E-state index is -0.0986. The molecule has 0 N–H and O–H groups in total. The van der Waals surface area contributed by atoms with Crippen molar-refractivity contribution in [3.05, 3.63) is 45.8 Å². The van der Waals surface area contributed by atoms with Crippen LogP contribution in [0.5, 0.6) is 0 Å². The maximum Gasteiger partial charge on any atom is 0.236 e. The fourth-order valence-electron chi connectivity index (χ4n) is 2.13. The lowest BCUT2D eigenvalue weighted by Gasteiger charge is -2.30. The molecule has 1 aromatic carbocycles. The summed E-state index contributed by atoms with van der Waals surface area (Å²) in [6.45, 7) is 9.34. The second-order valence-corrected chi connectivity index (χ2v) is 4.87. The lowest BCUT2D eigenvalue weighted by atomic mass is 9.73. The first kappa shape index (κ1) is 10.5. The number of hydrogen-bond donors (Lipinski definition) is 0. The highest BCUT2D eigenvalue weighted by atomic mass is 35.5. The summed E-state index contributed by atoms with van der Waals surface area (Å²) in [5.41, 5.74) is 2.38. The zero-order valence-corrected chi connectivity index (χ0v) is 9.64. The number of nitrogens with zero attached hydrogens (tertiary/aromatic N) is 1. The van der Waals surface area contributed by atoms with Crippen molar-refractivity contribution in [2.45, 2.75) is 38.1 Å². The number of rotatable bonds is 2. The van der Waals surface area contributed by atoms with Crippen molar-refractivity contribution in [3.63, 3.8) is 0 Å². The molecule has 15 heavy (non-hydrogen) atoms. The second-order valence-electron chi connectivity index (χ2n) is 4.44.